The summed E-state index contributed by atoms with van der Waals surface area (Å²) in [6.07, 6.45) is 7.37. The van der Waals surface area contributed by atoms with E-state index in [1.165, 1.54) is 31.4 Å². The summed E-state index contributed by atoms with van der Waals surface area (Å²) in [5.41, 5.74) is 2.45. The van der Waals surface area contributed by atoms with Crippen molar-refractivity contribution in [3.63, 3.8) is 0 Å². The van der Waals surface area contributed by atoms with Gasteiger partial charge in [-0.3, -0.25) is 14.5 Å². The highest BCUT2D eigenvalue weighted by atomic mass is 16.2. The third-order valence-electron chi connectivity index (χ3n) is 5.97. The molecule has 0 bridgehead atoms. The van der Waals surface area contributed by atoms with E-state index in [1.54, 1.807) is 0 Å². The number of hydrogen-bond acceptors (Lipinski definition) is 3. The second-order valence-electron chi connectivity index (χ2n) is 8.64. The second kappa shape index (κ2) is 13.4. The van der Waals surface area contributed by atoms with Crippen molar-refractivity contribution in [1.29, 1.82) is 0 Å². The molecule has 1 unspecified atom stereocenters. The van der Waals surface area contributed by atoms with Crippen molar-refractivity contribution < 1.29 is 9.59 Å². The molecule has 0 aliphatic carbocycles. The third kappa shape index (κ3) is 8.47. The highest BCUT2D eigenvalue weighted by Crippen LogP contribution is 2.19. The number of carbonyl (C=O) groups is 2. The number of hydrogen-bond donors (Lipinski definition) is 1. The van der Waals surface area contributed by atoms with E-state index < -0.39 is 0 Å². The fraction of sp³-hybridized carbons (Fsp3) is 0.680. The van der Waals surface area contributed by atoms with E-state index in [0.717, 1.165) is 38.0 Å². The van der Waals surface area contributed by atoms with Gasteiger partial charge in [-0.25, -0.2) is 0 Å². The van der Waals surface area contributed by atoms with E-state index in [-0.39, 0.29) is 11.8 Å². The quantitative estimate of drug-likeness (QED) is 0.547. The van der Waals surface area contributed by atoms with Gasteiger partial charge in [-0.2, -0.15) is 0 Å². The number of likely N-dealkylation sites (tertiary alicyclic amines) is 1. The Bertz CT molecular complexity index is 638. The molecule has 1 aliphatic heterocycles. The van der Waals surface area contributed by atoms with E-state index in [0.29, 0.717) is 31.8 Å². The van der Waals surface area contributed by atoms with Gasteiger partial charge in [0, 0.05) is 45.1 Å². The standard InChI is InChI=1S/C25H41N3O2/c1-4-16-27(17-5-2)25(30)11-8-10-24(29)26-19-22-12-14-23(15-13-22)20-28-18-7-6-9-21(28)3/h12-15,21H,4-11,16-20H2,1-3H3,(H,26,29). The Hall–Kier alpha value is -1.88. The number of nitrogens with zero attached hydrogens (tertiary/aromatic N) is 2. The van der Waals surface area contributed by atoms with Crippen LogP contribution < -0.4 is 5.32 Å². The van der Waals surface area contributed by atoms with Gasteiger partial charge in [0.15, 0.2) is 0 Å². The molecule has 0 saturated carbocycles. The van der Waals surface area contributed by atoms with Crippen molar-refractivity contribution in [2.75, 3.05) is 19.6 Å². The lowest BCUT2D eigenvalue weighted by Gasteiger charge is -2.33. The average Bonchev–Trinajstić information content (AvgIpc) is 2.74. The minimum Gasteiger partial charge on any atom is -0.352 e. The average molecular weight is 416 g/mol. The van der Waals surface area contributed by atoms with Gasteiger partial charge in [0.25, 0.3) is 0 Å². The first-order chi connectivity index (χ1) is 14.5. The molecule has 1 saturated heterocycles. The van der Waals surface area contributed by atoms with Crippen LogP contribution in [0.25, 0.3) is 0 Å². The summed E-state index contributed by atoms with van der Waals surface area (Å²) in [7, 11) is 0. The molecule has 0 radical (unpaired) electrons. The summed E-state index contributed by atoms with van der Waals surface area (Å²) in [5.74, 6) is 0.191. The Kier molecular flexibility index (Phi) is 10.9. The molecule has 1 aromatic carbocycles. The molecule has 1 fully saturated rings. The molecule has 2 rings (SSSR count). The third-order valence-corrected chi connectivity index (χ3v) is 5.97. The predicted molar refractivity (Wildman–Crippen MR) is 123 cm³/mol. The van der Waals surface area contributed by atoms with Crippen LogP contribution in [0.3, 0.4) is 0 Å². The first-order valence-corrected chi connectivity index (χ1v) is 11.9. The largest absolute Gasteiger partial charge is 0.352 e. The van der Waals surface area contributed by atoms with E-state index >= 15 is 0 Å². The van der Waals surface area contributed by atoms with Crippen molar-refractivity contribution in [2.45, 2.75) is 91.3 Å². The smallest absolute Gasteiger partial charge is 0.222 e. The molecule has 1 N–H and O–H groups in total. The summed E-state index contributed by atoms with van der Waals surface area (Å²) in [6.45, 7) is 10.9. The summed E-state index contributed by atoms with van der Waals surface area (Å²) in [6, 6.07) is 9.25. The van der Waals surface area contributed by atoms with E-state index in [4.69, 9.17) is 0 Å². The molecule has 5 nitrogen and oxygen atoms in total. The van der Waals surface area contributed by atoms with Crippen LogP contribution in [0.1, 0.15) is 83.3 Å². The van der Waals surface area contributed by atoms with Gasteiger partial charge in [0.1, 0.15) is 0 Å². The van der Waals surface area contributed by atoms with Crippen LogP contribution >= 0.6 is 0 Å². The maximum atomic E-state index is 12.3. The molecule has 0 spiro atoms. The molecule has 2 amide bonds. The molecule has 30 heavy (non-hydrogen) atoms. The van der Waals surface area contributed by atoms with Gasteiger partial charge in [-0.1, -0.05) is 44.5 Å². The van der Waals surface area contributed by atoms with Crippen LogP contribution in [0.2, 0.25) is 0 Å². The van der Waals surface area contributed by atoms with E-state index in [9.17, 15) is 9.59 Å². The number of carbonyl (C=O) groups excluding carboxylic acids is 2. The molecule has 1 aliphatic rings. The Morgan fingerprint density at radius 2 is 1.70 bits per heavy atom. The zero-order chi connectivity index (χ0) is 21.8. The SMILES string of the molecule is CCCN(CCC)C(=O)CCCC(=O)NCc1ccc(CN2CCCCC2C)cc1. The van der Waals surface area contributed by atoms with Crippen LogP contribution in [0.15, 0.2) is 24.3 Å². The molecule has 1 atom stereocenters. The van der Waals surface area contributed by atoms with Crippen molar-refractivity contribution in [3.8, 4) is 0 Å². The van der Waals surface area contributed by atoms with Gasteiger partial charge >= 0.3 is 0 Å². The van der Waals surface area contributed by atoms with E-state index in [1.807, 2.05) is 4.90 Å². The topological polar surface area (TPSA) is 52.7 Å². The van der Waals surface area contributed by atoms with Crippen LogP contribution in [-0.4, -0.2) is 47.3 Å². The van der Waals surface area contributed by atoms with Crippen LogP contribution in [-0.2, 0) is 22.7 Å². The van der Waals surface area contributed by atoms with Crippen LogP contribution in [0.4, 0.5) is 0 Å². The maximum Gasteiger partial charge on any atom is 0.222 e. The lowest BCUT2D eigenvalue weighted by molar-refractivity contribution is -0.131. The summed E-state index contributed by atoms with van der Waals surface area (Å²) in [4.78, 5) is 28.9. The number of amides is 2. The van der Waals surface area contributed by atoms with Crippen LogP contribution in [0.5, 0.6) is 0 Å². The number of rotatable bonds is 12. The Labute approximate surface area is 183 Å². The Morgan fingerprint density at radius 1 is 1.03 bits per heavy atom. The fourth-order valence-corrected chi connectivity index (χ4v) is 4.14. The van der Waals surface area contributed by atoms with E-state index in [2.05, 4.69) is 55.3 Å². The molecule has 5 heteroatoms. The molecular formula is C25H41N3O2. The molecule has 168 valence electrons. The lowest BCUT2D eigenvalue weighted by Crippen LogP contribution is -2.36. The minimum atomic E-state index is 0.0200. The summed E-state index contributed by atoms with van der Waals surface area (Å²) < 4.78 is 0. The monoisotopic (exact) mass is 415 g/mol. The number of nitrogens with one attached hydrogen (secondary N) is 1. The zero-order valence-corrected chi connectivity index (χ0v) is 19.3. The predicted octanol–water partition coefficient (Wildman–Crippen LogP) is 4.50. The highest BCUT2D eigenvalue weighted by molar-refractivity contribution is 5.79. The highest BCUT2D eigenvalue weighted by Gasteiger charge is 2.18. The molecule has 0 aromatic heterocycles. The number of piperidine rings is 1. The molecule has 1 aromatic rings. The number of benzene rings is 1. The van der Waals surface area contributed by atoms with Crippen molar-refractivity contribution in [3.05, 3.63) is 35.4 Å². The van der Waals surface area contributed by atoms with Gasteiger partial charge in [0.05, 0.1) is 0 Å². The minimum absolute atomic E-state index is 0.0200. The summed E-state index contributed by atoms with van der Waals surface area (Å²) >= 11 is 0. The van der Waals surface area contributed by atoms with Gasteiger partial charge in [-0.15, -0.1) is 0 Å². The Balaban J connectivity index is 1.67. The first-order valence-electron chi connectivity index (χ1n) is 11.9. The summed E-state index contributed by atoms with van der Waals surface area (Å²) in [5, 5.41) is 2.99. The van der Waals surface area contributed by atoms with Crippen molar-refractivity contribution in [1.82, 2.24) is 15.1 Å². The van der Waals surface area contributed by atoms with Gasteiger partial charge in [-0.05, 0) is 56.7 Å². The van der Waals surface area contributed by atoms with Gasteiger partial charge in [0.2, 0.25) is 11.8 Å². The zero-order valence-electron chi connectivity index (χ0n) is 19.3. The molecular weight excluding hydrogens is 374 g/mol. The first kappa shape index (κ1) is 24.4. The van der Waals surface area contributed by atoms with Gasteiger partial charge < -0.3 is 10.2 Å². The van der Waals surface area contributed by atoms with Crippen molar-refractivity contribution in [2.24, 2.45) is 0 Å². The Morgan fingerprint density at radius 3 is 2.33 bits per heavy atom. The fourth-order valence-electron chi connectivity index (χ4n) is 4.14. The van der Waals surface area contributed by atoms with Crippen molar-refractivity contribution >= 4 is 11.8 Å². The second-order valence-corrected chi connectivity index (χ2v) is 8.64. The molecule has 1 heterocycles. The lowest BCUT2D eigenvalue weighted by atomic mass is 10.0. The maximum absolute atomic E-state index is 12.3. The normalized spacial score (nSPS) is 17.0. The van der Waals surface area contributed by atoms with Crippen LogP contribution in [0, 0.1) is 0 Å².